The van der Waals surface area contributed by atoms with E-state index < -0.39 is 0 Å². The minimum absolute atomic E-state index is 0.777. The molecule has 1 N–H and O–H groups in total. The molecule has 2 aromatic rings. The summed E-state index contributed by atoms with van der Waals surface area (Å²) in [6, 6.07) is 4.81. The van der Waals surface area contributed by atoms with Gasteiger partial charge in [0.25, 0.3) is 0 Å². The molecule has 0 amide bonds. The molecule has 0 radical (unpaired) electrons. The number of hydrogen-bond donors (Lipinski definition) is 1. The van der Waals surface area contributed by atoms with Gasteiger partial charge in [0.15, 0.2) is 0 Å². The van der Waals surface area contributed by atoms with Crippen LogP contribution in [-0.2, 0) is 13.0 Å². The van der Waals surface area contributed by atoms with E-state index >= 15 is 0 Å². The van der Waals surface area contributed by atoms with Crippen LogP contribution < -0.4 is 5.32 Å². The third-order valence-corrected chi connectivity index (χ3v) is 5.07. The average Bonchev–Trinajstić information content (AvgIpc) is 3.09. The van der Waals surface area contributed by atoms with Crippen LogP contribution in [0.3, 0.4) is 0 Å². The fraction of sp³-hybridized carbons (Fsp3) is 0.533. The van der Waals surface area contributed by atoms with E-state index in [1.165, 1.54) is 29.0 Å². The highest BCUT2D eigenvalue weighted by molar-refractivity contribution is 7.16. The quantitative estimate of drug-likeness (QED) is 0.884. The summed E-state index contributed by atoms with van der Waals surface area (Å²) in [4.78, 5) is 1.25. The van der Waals surface area contributed by atoms with E-state index in [4.69, 9.17) is 11.6 Å². The van der Waals surface area contributed by atoms with Crippen molar-refractivity contribution in [1.82, 2.24) is 15.1 Å². The topological polar surface area (TPSA) is 29.9 Å². The van der Waals surface area contributed by atoms with Crippen LogP contribution in [0, 0.1) is 13.8 Å². The molecule has 2 heterocycles. The molecular weight excluding hydrogens is 290 g/mol. The van der Waals surface area contributed by atoms with Crippen LogP contribution in [0.25, 0.3) is 0 Å². The van der Waals surface area contributed by atoms with Gasteiger partial charge in [-0.3, -0.25) is 4.68 Å². The lowest BCUT2D eigenvalue weighted by Crippen LogP contribution is -2.19. The van der Waals surface area contributed by atoms with Gasteiger partial charge in [-0.1, -0.05) is 11.6 Å². The number of halogens is 1. The molecule has 0 atom stereocenters. The first-order chi connectivity index (χ1) is 9.63. The van der Waals surface area contributed by atoms with Gasteiger partial charge in [-0.05, 0) is 57.4 Å². The van der Waals surface area contributed by atoms with E-state index in [0.29, 0.717) is 0 Å². The number of nitrogens with one attached hydrogen (secondary N) is 1. The minimum atomic E-state index is 0.777. The summed E-state index contributed by atoms with van der Waals surface area (Å²) in [5.41, 5.74) is 3.83. The summed E-state index contributed by atoms with van der Waals surface area (Å²) in [5.74, 6) is 0. The molecule has 0 bridgehead atoms. The molecule has 2 aromatic heterocycles. The number of nitrogens with zero attached hydrogens (tertiary/aromatic N) is 2. The monoisotopic (exact) mass is 309 g/mol. The molecule has 1 aliphatic rings. The van der Waals surface area contributed by atoms with Gasteiger partial charge in [-0.2, -0.15) is 5.10 Å². The van der Waals surface area contributed by atoms with Gasteiger partial charge in [0.2, 0.25) is 0 Å². The molecule has 1 fully saturated rings. The summed E-state index contributed by atoms with van der Waals surface area (Å²) in [6.45, 7) is 6.15. The van der Waals surface area contributed by atoms with E-state index in [1.807, 2.05) is 6.07 Å². The summed E-state index contributed by atoms with van der Waals surface area (Å²) in [7, 11) is 0. The number of thiophene rings is 1. The van der Waals surface area contributed by atoms with Crippen LogP contribution in [0.1, 0.15) is 34.7 Å². The van der Waals surface area contributed by atoms with Crippen molar-refractivity contribution in [3.05, 3.63) is 38.3 Å². The number of hydrogen-bond acceptors (Lipinski definition) is 3. The van der Waals surface area contributed by atoms with Crippen molar-refractivity contribution in [2.45, 2.75) is 45.7 Å². The number of aryl methyl sites for hydroxylation is 1. The summed E-state index contributed by atoms with van der Waals surface area (Å²) in [5, 5.41) is 8.25. The molecule has 108 valence electrons. The second-order valence-corrected chi connectivity index (χ2v) is 7.29. The highest BCUT2D eigenvalue weighted by Gasteiger charge is 2.20. The molecule has 1 aliphatic carbocycles. The maximum absolute atomic E-state index is 5.99. The second-order valence-electron chi connectivity index (χ2n) is 5.49. The number of rotatable bonds is 6. The Hall–Kier alpha value is -0.840. The molecule has 0 saturated heterocycles. The van der Waals surface area contributed by atoms with Crippen LogP contribution in [-0.4, -0.2) is 22.4 Å². The van der Waals surface area contributed by atoms with Gasteiger partial charge in [0, 0.05) is 16.6 Å². The van der Waals surface area contributed by atoms with Crippen molar-refractivity contribution in [3.8, 4) is 0 Å². The zero-order valence-corrected chi connectivity index (χ0v) is 13.5. The molecule has 1 saturated carbocycles. The van der Waals surface area contributed by atoms with Crippen molar-refractivity contribution >= 4 is 22.9 Å². The molecular formula is C15H20ClN3S. The van der Waals surface area contributed by atoms with Gasteiger partial charge in [0.05, 0.1) is 16.6 Å². The van der Waals surface area contributed by atoms with Crippen molar-refractivity contribution in [1.29, 1.82) is 0 Å². The van der Waals surface area contributed by atoms with Crippen LogP contribution in [0.15, 0.2) is 12.1 Å². The molecule has 0 spiro atoms. The van der Waals surface area contributed by atoms with Crippen LogP contribution in [0.2, 0.25) is 4.34 Å². The zero-order chi connectivity index (χ0) is 14.1. The van der Waals surface area contributed by atoms with Crippen molar-refractivity contribution in [2.75, 3.05) is 6.54 Å². The Balaban J connectivity index is 1.68. The Labute approximate surface area is 129 Å². The predicted octanol–water partition coefficient (Wildman–Crippen LogP) is 3.56. The third kappa shape index (κ3) is 3.25. The standard InChI is InChI=1S/C15H20ClN3S/c1-10-14(7-8-17-12-3-4-12)11(2)19(18-10)9-13-5-6-15(16)20-13/h5-6,12,17H,3-4,7-9H2,1-2H3. The van der Waals surface area contributed by atoms with Gasteiger partial charge < -0.3 is 5.32 Å². The Bertz CT molecular complexity index is 598. The van der Waals surface area contributed by atoms with Crippen molar-refractivity contribution in [2.24, 2.45) is 0 Å². The molecule has 5 heteroatoms. The normalized spacial score (nSPS) is 14.9. The highest BCUT2D eigenvalue weighted by atomic mass is 35.5. The van der Waals surface area contributed by atoms with Crippen molar-refractivity contribution < 1.29 is 0 Å². The molecule has 0 unspecified atom stereocenters. The first-order valence-electron chi connectivity index (χ1n) is 7.14. The molecule has 20 heavy (non-hydrogen) atoms. The van der Waals surface area contributed by atoms with E-state index in [2.05, 4.69) is 35.0 Å². The van der Waals surface area contributed by atoms with Crippen molar-refractivity contribution in [3.63, 3.8) is 0 Å². The lowest BCUT2D eigenvalue weighted by atomic mass is 10.1. The maximum Gasteiger partial charge on any atom is 0.0931 e. The fourth-order valence-corrected chi connectivity index (χ4v) is 3.59. The van der Waals surface area contributed by atoms with Gasteiger partial charge in [0.1, 0.15) is 0 Å². The molecule has 0 aliphatic heterocycles. The first-order valence-corrected chi connectivity index (χ1v) is 8.33. The molecule has 0 aromatic carbocycles. The van der Waals surface area contributed by atoms with E-state index in [9.17, 15) is 0 Å². The molecule has 3 rings (SSSR count). The zero-order valence-electron chi connectivity index (χ0n) is 11.9. The Morgan fingerprint density at radius 3 is 2.85 bits per heavy atom. The number of aromatic nitrogens is 2. The lowest BCUT2D eigenvalue weighted by Gasteiger charge is -2.05. The van der Waals surface area contributed by atoms with E-state index in [0.717, 1.165) is 35.6 Å². The minimum Gasteiger partial charge on any atom is -0.314 e. The van der Waals surface area contributed by atoms with E-state index in [-0.39, 0.29) is 0 Å². The van der Waals surface area contributed by atoms with Crippen LogP contribution >= 0.6 is 22.9 Å². The SMILES string of the molecule is Cc1nn(Cc2ccc(Cl)s2)c(C)c1CCNC1CC1. The Kier molecular flexibility index (Phi) is 4.15. The average molecular weight is 310 g/mol. The van der Waals surface area contributed by atoms with Crippen LogP contribution in [0.4, 0.5) is 0 Å². The maximum atomic E-state index is 5.99. The van der Waals surface area contributed by atoms with Gasteiger partial charge in [-0.15, -0.1) is 11.3 Å². The molecule has 3 nitrogen and oxygen atoms in total. The van der Waals surface area contributed by atoms with Gasteiger partial charge in [-0.25, -0.2) is 0 Å². The summed E-state index contributed by atoms with van der Waals surface area (Å²) >= 11 is 7.62. The lowest BCUT2D eigenvalue weighted by molar-refractivity contribution is 0.660. The highest BCUT2D eigenvalue weighted by Crippen LogP contribution is 2.24. The summed E-state index contributed by atoms with van der Waals surface area (Å²) in [6.07, 6.45) is 3.76. The smallest absolute Gasteiger partial charge is 0.0931 e. The second kappa shape index (κ2) is 5.88. The Morgan fingerprint density at radius 1 is 1.40 bits per heavy atom. The fourth-order valence-electron chi connectivity index (χ4n) is 2.52. The van der Waals surface area contributed by atoms with Crippen LogP contribution in [0.5, 0.6) is 0 Å². The summed E-state index contributed by atoms with van der Waals surface area (Å²) < 4.78 is 2.94. The Morgan fingerprint density at radius 2 is 2.20 bits per heavy atom. The van der Waals surface area contributed by atoms with E-state index in [1.54, 1.807) is 11.3 Å². The third-order valence-electron chi connectivity index (χ3n) is 3.85. The predicted molar refractivity (Wildman–Crippen MR) is 84.9 cm³/mol. The first kappa shape index (κ1) is 14.1. The largest absolute Gasteiger partial charge is 0.314 e. The van der Waals surface area contributed by atoms with Gasteiger partial charge >= 0.3 is 0 Å².